The molecule has 0 unspecified atom stereocenters. The van der Waals surface area contributed by atoms with Gasteiger partial charge in [-0.1, -0.05) is 6.42 Å². The third kappa shape index (κ3) is 2.75. The zero-order valence-corrected chi connectivity index (χ0v) is 12.2. The third-order valence-electron chi connectivity index (χ3n) is 5.57. The zero-order chi connectivity index (χ0) is 12.6. The first-order chi connectivity index (χ1) is 8.62. The summed E-state index contributed by atoms with van der Waals surface area (Å²) < 4.78 is 5.86. The molecule has 0 amide bonds. The lowest BCUT2D eigenvalue weighted by molar-refractivity contribution is 0.00142. The molecule has 2 nitrogen and oxygen atoms in total. The lowest BCUT2D eigenvalue weighted by Gasteiger charge is -2.48. The van der Waals surface area contributed by atoms with E-state index in [2.05, 4.69) is 18.7 Å². The van der Waals surface area contributed by atoms with E-state index >= 15 is 0 Å². The first kappa shape index (κ1) is 12.9. The number of ether oxygens (including phenoxy) is 1. The summed E-state index contributed by atoms with van der Waals surface area (Å²) in [4.78, 5) is 2.72. The Bertz CT molecular complexity index is 281. The highest BCUT2D eigenvalue weighted by atomic mass is 16.5. The fourth-order valence-electron chi connectivity index (χ4n) is 3.70. The van der Waals surface area contributed by atoms with Gasteiger partial charge in [0.05, 0.1) is 12.7 Å². The molecule has 0 aromatic rings. The smallest absolute Gasteiger partial charge is 0.0538 e. The molecule has 0 aromatic heterocycles. The van der Waals surface area contributed by atoms with Crippen molar-refractivity contribution in [3.8, 4) is 0 Å². The predicted molar refractivity (Wildman–Crippen MR) is 74.7 cm³/mol. The van der Waals surface area contributed by atoms with Gasteiger partial charge in [-0.15, -0.1) is 0 Å². The van der Waals surface area contributed by atoms with Crippen LogP contribution in [0.15, 0.2) is 0 Å². The van der Waals surface area contributed by atoms with E-state index in [-0.39, 0.29) is 0 Å². The van der Waals surface area contributed by atoms with Crippen LogP contribution in [0.4, 0.5) is 0 Å². The molecule has 104 valence electrons. The highest BCUT2D eigenvalue weighted by Crippen LogP contribution is 2.51. The van der Waals surface area contributed by atoms with Crippen molar-refractivity contribution in [1.29, 1.82) is 0 Å². The van der Waals surface area contributed by atoms with Crippen LogP contribution in [0.25, 0.3) is 0 Å². The second-order valence-electron chi connectivity index (χ2n) is 7.49. The average Bonchev–Trinajstić information content (AvgIpc) is 3.06. The van der Waals surface area contributed by atoms with Crippen LogP contribution in [-0.2, 0) is 4.74 Å². The predicted octanol–water partition coefficient (Wildman–Crippen LogP) is 3.46. The maximum atomic E-state index is 5.86. The molecule has 0 aromatic carbocycles. The van der Waals surface area contributed by atoms with Gasteiger partial charge in [-0.3, -0.25) is 0 Å². The second-order valence-corrected chi connectivity index (χ2v) is 7.49. The molecule has 3 fully saturated rings. The largest absolute Gasteiger partial charge is 0.378 e. The molecule has 0 N–H and O–H groups in total. The van der Waals surface area contributed by atoms with Crippen LogP contribution in [0.2, 0.25) is 0 Å². The van der Waals surface area contributed by atoms with Gasteiger partial charge in [-0.05, 0) is 70.9 Å². The van der Waals surface area contributed by atoms with Gasteiger partial charge < -0.3 is 9.64 Å². The van der Waals surface area contributed by atoms with Gasteiger partial charge >= 0.3 is 0 Å². The molecule has 1 saturated heterocycles. The molecule has 3 aliphatic rings. The van der Waals surface area contributed by atoms with Crippen molar-refractivity contribution in [1.82, 2.24) is 4.90 Å². The topological polar surface area (TPSA) is 12.5 Å². The highest BCUT2D eigenvalue weighted by molar-refractivity contribution is 4.98. The van der Waals surface area contributed by atoms with Crippen LogP contribution in [-0.4, -0.2) is 37.2 Å². The number of rotatable bonds is 5. The number of piperidine rings is 1. The maximum absolute atomic E-state index is 5.86. The molecular formula is C16H29NO. The molecule has 0 atom stereocenters. The lowest BCUT2D eigenvalue weighted by Crippen LogP contribution is -2.45. The quantitative estimate of drug-likeness (QED) is 0.742. The van der Waals surface area contributed by atoms with Crippen LogP contribution in [0.5, 0.6) is 0 Å². The molecule has 1 spiro atoms. The van der Waals surface area contributed by atoms with Gasteiger partial charge in [-0.2, -0.15) is 0 Å². The summed E-state index contributed by atoms with van der Waals surface area (Å²) in [6.07, 6.45) is 10.6. The van der Waals surface area contributed by atoms with Crippen molar-refractivity contribution in [3.05, 3.63) is 0 Å². The molecule has 2 heteroatoms. The van der Waals surface area contributed by atoms with E-state index in [1.807, 2.05) is 0 Å². The van der Waals surface area contributed by atoms with Gasteiger partial charge in [0, 0.05) is 12.0 Å². The zero-order valence-electron chi connectivity index (χ0n) is 12.2. The second kappa shape index (κ2) is 4.79. The van der Waals surface area contributed by atoms with Crippen LogP contribution < -0.4 is 0 Å². The van der Waals surface area contributed by atoms with Gasteiger partial charge in [0.25, 0.3) is 0 Å². The van der Waals surface area contributed by atoms with Crippen molar-refractivity contribution in [2.24, 2.45) is 10.8 Å². The molecule has 0 radical (unpaired) electrons. The average molecular weight is 251 g/mol. The molecule has 0 bridgehead atoms. The van der Waals surface area contributed by atoms with Crippen molar-refractivity contribution in [3.63, 3.8) is 0 Å². The fourth-order valence-corrected chi connectivity index (χ4v) is 3.70. The summed E-state index contributed by atoms with van der Waals surface area (Å²) in [5, 5.41) is 0. The van der Waals surface area contributed by atoms with E-state index in [0.29, 0.717) is 11.5 Å². The highest BCUT2D eigenvalue weighted by Gasteiger charge is 2.46. The van der Waals surface area contributed by atoms with E-state index in [4.69, 9.17) is 4.74 Å². The molecule has 1 aliphatic heterocycles. The summed E-state index contributed by atoms with van der Waals surface area (Å²) in [6, 6.07) is 0. The molecule has 1 heterocycles. The minimum atomic E-state index is 0.391. The van der Waals surface area contributed by atoms with Crippen LogP contribution in [0, 0.1) is 10.8 Å². The summed E-state index contributed by atoms with van der Waals surface area (Å²) in [7, 11) is 0. The van der Waals surface area contributed by atoms with Gasteiger partial charge in [0.15, 0.2) is 0 Å². The number of hydrogen-bond acceptors (Lipinski definition) is 2. The SMILES string of the molecule is CC(C)OCC1(CN2CCC3(CCC3)CC2)CC1. The standard InChI is InChI=1S/C16H29NO/c1-14(2)18-13-16(6-7-16)12-17-10-8-15(9-11-17)4-3-5-15/h14H,3-13H2,1-2H3. The molecule has 2 aliphatic carbocycles. The normalized spacial score (nSPS) is 29.5. The van der Waals surface area contributed by atoms with Crippen LogP contribution in [0.1, 0.15) is 58.8 Å². The van der Waals surface area contributed by atoms with Crippen molar-refractivity contribution in [2.45, 2.75) is 64.9 Å². The Morgan fingerprint density at radius 2 is 1.67 bits per heavy atom. The van der Waals surface area contributed by atoms with Crippen molar-refractivity contribution in [2.75, 3.05) is 26.2 Å². The monoisotopic (exact) mass is 251 g/mol. The number of hydrogen-bond donors (Lipinski definition) is 0. The van der Waals surface area contributed by atoms with Gasteiger partial charge in [-0.25, -0.2) is 0 Å². The fraction of sp³-hybridized carbons (Fsp3) is 1.00. The minimum Gasteiger partial charge on any atom is -0.378 e. The Kier molecular flexibility index (Phi) is 3.44. The van der Waals surface area contributed by atoms with Crippen LogP contribution >= 0.6 is 0 Å². The minimum absolute atomic E-state index is 0.391. The van der Waals surface area contributed by atoms with Gasteiger partial charge in [0.1, 0.15) is 0 Å². The Balaban J connectivity index is 1.43. The Labute approximate surface area is 112 Å². The van der Waals surface area contributed by atoms with Crippen molar-refractivity contribution < 1.29 is 4.74 Å². The van der Waals surface area contributed by atoms with Crippen molar-refractivity contribution >= 4 is 0 Å². The lowest BCUT2D eigenvalue weighted by atomic mass is 9.63. The Morgan fingerprint density at radius 3 is 2.11 bits per heavy atom. The molecule has 3 rings (SSSR count). The maximum Gasteiger partial charge on any atom is 0.0538 e. The van der Waals surface area contributed by atoms with E-state index in [0.717, 1.165) is 12.0 Å². The Morgan fingerprint density at radius 1 is 1.00 bits per heavy atom. The number of nitrogens with zero attached hydrogens (tertiary/aromatic N) is 1. The van der Waals surface area contributed by atoms with E-state index in [9.17, 15) is 0 Å². The van der Waals surface area contributed by atoms with E-state index in [1.165, 1.54) is 64.6 Å². The first-order valence-electron chi connectivity index (χ1n) is 7.96. The summed E-state index contributed by atoms with van der Waals surface area (Å²) >= 11 is 0. The summed E-state index contributed by atoms with van der Waals surface area (Å²) in [5.41, 5.74) is 1.33. The first-order valence-corrected chi connectivity index (χ1v) is 7.96. The molecule has 18 heavy (non-hydrogen) atoms. The molecular weight excluding hydrogens is 222 g/mol. The van der Waals surface area contributed by atoms with Crippen LogP contribution in [0.3, 0.4) is 0 Å². The van der Waals surface area contributed by atoms with Gasteiger partial charge in [0.2, 0.25) is 0 Å². The number of likely N-dealkylation sites (tertiary alicyclic amines) is 1. The van der Waals surface area contributed by atoms with E-state index < -0.39 is 0 Å². The Hall–Kier alpha value is -0.0800. The summed E-state index contributed by atoms with van der Waals surface area (Å²) in [5.74, 6) is 0. The molecule has 2 saturated carbocycles. The van der Waals surface area contributed by atoms with E-state index in [1.54, 1.807) is 0 Å². The third-order valence-corrected chi connectivity index (χ3v) is 5.57. The summed E-state index contributed by atoms with van der Waals surface area (Å²) in [6.45, 7) is 9.30.